The standard InChI is InChI=1S/C12H22N2O4S/c1-5-12(6-2)11(16)14(7-10(15)13-12)9(3)8-19(4,17)18/h9H,5-8H2,1-4H3,(H,13,15). The minimum Gasteiger partial charge on any atom is -0.340 e. The minimum atomic E-state index is -3.19. The molecule has 0 aromatic heterocycles. The Bertz CT molecular complexity index is 468. The Morgan fingerprint density at radius 1 is 1.32 bits per heavy atom. The van der Waals surface area contributed by atoms with Gasteiger partial charge in [-0.05, 0) is 19.8 Å². The number of rotatable bonds is 5. The molecule has 1 aliphatic heterocycles. The predicted molar refractivity (Wildman–Crippen MR) is 72.3 cm³/mol. The van der Waals surface area contributed by atoms with Crippen molar-refractivity contribution in [3.05, 3.63) is 0 Å². The van der Waals surface area contributed by atoms with Gasteiger partial charge in [-0.2, -0.15) is 0 Å². The zero-order valence-electron chi connectivity index (χ0n) is 11.9. The molecule has 6 nitrogen and oxygen atoms in total. The van der Waals surface area contributed by atoms with Crippen LogP contribution in [-0.4, -0.2) is 55.3 Å². The summed E-state index contributed by atoms with van der Waals surface area (Å²) in [5, 5.41) is 2.75. The Hall–Kier alpha value is -1.11. The van der Waals surface area contributed by atoms with Crippen molar-refractivity contribution in [1.82, 2.24) is 10.2 Å². The van der Waals surface area contributed by atoms with Gasteiger partial charge in [0.2, 0.25) is 11.8 Å². The molecule has 110 valence electrons. The quantitative estimate of drug-likeness (QED) is 0.768. The summed E-state index contributed by atoms with van der Waals surface area (Å²) in [4.78, 5) is 25.6. The number of amides is 2. The molecular weight excluding hydrogens is 268 g/mol. The summed E-state index contributed by atoms with van der Waals surface area (Å²) in [6, 6.07) is -0.494. The summed E-state index contributed by atoms with van der Waals surface area (Å²) in [5.74, 6) is -0.549. The van der Waals surface area contributed by atoms with Gasteiger partial charge in [0.25, 0.3) is 0 Å². The lowest BCUT2D eigenvalue weighted by molar-refractivity contribution is -0.152. The van der Waals surface area contributed by atoms with Crippen LogP contribution in [0.5, 0.6) is 0 Å². The second kappa shape index (κ2) is 5.48. The molecule has 1 aliphatic rings. The molecule has 1 N–H and O–H groups in total. The van der Waals surface area contributed by atoms with Gasteiger partial charge in [0.1, 0.15) is 15.4 Å². The van der Waals surface area contributed by atoms with Gasteiger partial charge < -0.3 is 10.2 Å². The highest BCUT2D eigenvalue weighted by Crippen LogP contribution is 2.23. The molecule has 1 fully saturated rings. The second-order valence-corrected chi connectivity index (χ2v) is 7.40. The molecular formula is C12H22N2O4S. The highest BCUT2D eigenvalue weighted by Gasteiger charge is 2.45. The maximum Gasteiger partial charge on any atom is 0.249 e. The molecule has 1 heterocycles. The molecule has 1 atom stereocenters. The normalized spacial score (nSPS) is 21.2. The lowest BCUT2D eigenvalue weighted by Crippen LogP contribution is -2.68. The average Bonchev–Trinajstić information content (AvgIpc) is 2.29. The number of carbonyl (C=O) groups is 2. The largest absolute Gasteiger partial charge is 0.340 e. The fraction of sp³-hybridized carbons (Fsp3) is 0.833. The van der Waals surface area contributed by atoms with Crippen molar-refractivity contribution in [2.24, 2.45) is 0 Å². The van der Waals surface area contributed by atoms with Gasteiger partial charge in [-0.1, -0.05) is 13.8 Å². The van der Waals surface area contributed by atoms with Gasteiger partial charge in [-0.15, -0.1) is 0 Å². The van der Waals surface area contributed by atoms with E-state index < -0.39 is 21.4 Å². The van der Waals surface area contributed by atoms with Crippen LogP contribution in [0.2, 0.25) is 0 Å². The molecule has 1 rings (SSSR count). The molecule has 0 aromatic carbocycles. The van der Waals surface area contributed by atoms with Crippen LogP contribution in [0.3, 0.4) is 0 Å². The fourth-order valence-electron chi connectivity index (χ4n) is 2.47. The lowest BCUT2D eigenvalue weighted by atomic mass is 9.88. The van der Waals surface area contributed by atoms with E-state index >= 15 is 0 Å². The van der Waals surface area contributed by atoms with Crippen molar-refractivity contribution in [2.45, 2.75) is 45.2 Å². The monoisotopic (exact) mass is 290 g/mol. The van der Waals surface area contributed by atoms with Gasteiger partial charge in [-0.3, -0.25) is 9.59 Å². The van der Waals surface area contributed by atoms with E-state index in [0.717, 1.165) is 6.26 Å². The Balaban J connectivity index is 3.01. The third-order valence-electron chi connectivity index (χ3n) is 3.65. The van der Waals surface area contributed by atoms with Gasteiger partial charge >= 0.3 is 0 Å². The van der Waals surface area contributed by atoms with Crippen molar-refractivity contribution < 1.29 is 18.0 Å². The third-order valence-corrected chi connectivity index (χ3v) is 4.73. The van der Waals surface area contributed by atoms with Crippen molar-refractivity contribution >= 4 is 21.7 Å². The van der Waals surface area contributed by atoms with Crippen LogP contribution in [0.1, 0.15) is 33.6 Å². The number of sulfone groups is 1. The number of nitrogens with zero attached hydrogens (tertiary/aromatic N) is 1. The van der Waals surface area contributed by atoms with Crippen LogP contribution in [0.4, 0.5) is 0 Å². The summed E-state index contributed by atoms with van der Waals surface area (Å²) < 4.78 is 22.7. The first-order valence-corrected chi connectivity index (χ1v) is 8.51. The highest BCUT2D eigenvalue weighted by molar-refractivity contribution is 7.90. The molecule has 1 unspecified atom stereocenters. The number of hydrogen-bond acceptors (Lipinski definition) is 4. The molecule has 1 saturated heterocycles. The predicted octanol–water partition coefficient (Wildman–Crippen LogP) is -0.0633. The van der Waals surface area contributed by atoms with Gasteiger partial charge in [-0.25, -0.2) is 8.42 Å². The van der Waals surface area contributed by atoms with Crippen LogP contribution in [0.25, 0.3) is 0 Å². The van der Waals surface area contributed by atoms with Crippen LogP contribution < -0.4 is 5.32 Å². The number of carbonyl (C=O) groups excluding carboxylic acids is 2. The van der Waals surface area contributed by atoms with E-state index in [1.807, 2.05) is 13.8 Å². The van der Waals surface area contributed by atoms with Crippen LogP contribution >= 0.6 is 0 Å². The molecule has 0 bridgehead atoms. The van der Waals surface area contributed by atoms with Crippen molar-refractivity contribution in [2.75, 3.05) is 18.6 Å². The molecule has 2 amide bonds. The van der Waals surface area contributed by atoms with E-state index in [1.165, 1.54) is 4.90 Å². The van der Waals surface area contributed by atoms with Crippen LogP contribution in [-0.2, 0) is 19.4 Å². The first kappa shape index (κ1) is 15.9. The number of hydrogen-bond donors (Lipinski definition) is 1. The van der Waals surface area contributed by atoms with E-state index in [4.69, 9.17) is 0 Å². The van der Waals surface area contributed by atoms with E-state index in [2.05, 4.69) is 5.32 Å². The minimum absolute atomic E-state index is 0.0722. The van der Waals surface area contributed by atoms with Gasteiger partial charge in [0.05, 0.1) is 12.3 Å². The molecule has 0 spiro atoms. The Morgan fingerprint density at radius 3 is 2.26 bits per heavy atom. The number of nitrogens with one attached hydrogen (secondary N) is 1. The summed E-state index contributed by atoms with van der Waals surface area (Å²) in [7, 11) is -3.19. The molecule has 19 heavy (non-hydrogen) atoms. The highest BCUT2D eigenvalue weighted by atomic mass is 32.2. The van der Waals surface area contributed by atoms with E-state index in [1.54, 1.807) is 6.92 Å². The smallest absolute Gasteiger partial charge is 0.249 e. The zero-order valence-corrected chi connectivity index (χ0v) is 12.7. The Kier molecular flexibility index (Phi) is 4.60. The average molecular weight is 290 g/mol. The Labute approximate surface area is 114 Å². The first-order valence-electron chi connectivity index (χ1n) is 6.45. The topological polar surface area (TPSA) is 83.6 Å². The van der Waals surface area contributed by atoms with Gasteiger partial charge in [0, 0.05) is 12.3 Å². The van der Waals surface area contributed by atoms with Crippen LogP contribution in [0.15, 0.2) is 0 Å². The van der Waals surface area contributed by atoms with Crippen LogP contribution in [0, 0.1) is 0 Å². The summed E-state index contributed by atoms with van der Waals surface area (Å²) in [6.07, 6.45) is 2.12. The summed E-state index contributed by atoms with van der Waals surface area (Å²) >= 11 is 0. The van der Waals surface area contributed by atoms with Gasteiger partial charge in [0.15, 0.2) is 0 Å². The molecule has 0 aromatic rings. The lowest BCUT2D eigenvalue weighted by Gasteiger charge is -2.43. The maximum atomic E-state index is 12.5. The zero-order chi connectivity index (χ0) is 14.8. The molecule has 0 aliphatic carbocycles. The van der Waals surface area contributed by atoms with Crippen molar-refractivity contribution in [1.29, 1.82) is 0 Å². The van der Waals surface area contributed by atoms with E-state index in [9.17, 15) is 18.0 Å². The van der Waals surface area contributed by atoms with Crippen molar-refractivity contribution in [3.63, 3.8) is 0 Å². The SMILES string of the molecule is CCC1(CC)NC(=O)CN(C(C)CS(C)(=O)=O)C1=O. The molecule has 0 radical (unpaired) electrons. The molecule has 7 heteroatoms. The number of piperazine rings is 1. The third kappa shape index (κ3) is 3.46. The fourth-order valence-corrected chi connectivity index (χ4v) is 3.53. The molecule has 0 saturated carbocycles. The second-order valence-electron chi connectivity index (χ2n) is 5.21. The van der Waals surface area contributed by atoms with E-state index in [0.29, 0.717) is 12.8 Å². The maximum absolute atomic E-state index is 12.5. The Morgan fingerprint density at radius 2 is 1.84 bits per heavy atom. The summed E-state index contributed by atoms with van der Waals surface area (Å²) in [6.45, 7) is 5.27. The summed E-state index contributed by atoms with van der Waals surface area (Å²) in [5.41, 5.74) is -0.888. The first-order chi connectivity index (χ1) is 8.65. The van der Waals surface area contributed by atoms with E-state index in [-0.39, 0.29) is 24.1 Å². The van der Waals surface area contributed by atoms with Crippen molar-refractivity contribution in [3.8, 4) is 0 Å².